The lowest BCUT2D eigenvalue weighted by Crippen LogP contribution is -2.63. The Hall–Kier alpha value is 0.228. The Bertz CT molecular complexity index is 605. The van der Waals surface area contributed by atoms with Gasteiger partial charge in [-0.2, -0.15) is 0 Å². The first kappa shape index (κ1) is 30.3. The highest BCUT2D eigenvalue weighted by molar-refractivity contribution is 6.90. The summed E-state index contributed by atoms with van der Waals surface area (Å²) in [4.78, 5) is 0. The van der Waals surface area contributed by atoms with Gasteiger partial charge in [0.25, 0.3) is 0 Å². The van der Waals surface area contributed by atoms with Crippen LogP contribution in [0.2, 0.25) is 64.5 Å². The summed E-state index contributed by atoms with van der Waals surface area (Å²) in [5, 5.41) is 0. The van der Waals surface area contributed by atoms with Crippen molar-refractivity contribution < 1.29 is 12.3 Å². The first-order valence-electron chi connectivity index (χ1n) is 12.1. The quantitative estimate of drug-likeness (QED) is 0.251. The highest BCUT2D eigenvalue weighted by atomic mass is 28.5. The summed E-state index contributed by atoms with van der Waals surface area (Å²) in [6, 6.07) is 0. The zero-order valence-corrected chi connectivity index (χ0v) is 25.0. The summed E-state index contributed by atoms with van der Waals surface area (Å²) in [5.74, 6) is 3.31. The molecule has 4 rings (SSSR count). The van der Waals surface area contributed by atoms with Crippen molar-refractivity contribution in [2.75, 3.05) is 0 Å². The van der Waals surface area contributed by atoms with Crippen molar-refractivity contribution in [3.63, 3.8) is 0 Å². The number of rotatable bonds is 7. The second kappa shape index (κ2) is 10.9. The van der Waals surface area contributed by atoms with E-state index in [2.05, 4.69) is 83.2 Å². The molecule has 2 saturated carbocycles. The van der Waals surface area contributed by atoms with Crippen LogP contribution in [0.5, 0.6) is 0 Å². The van der Waals surface area contributed by atoms with Crippen LogP contribution in [0, 0.1) is 23.7 Å². The lowest BCUT2D eigenvalue weighted by Gasteiger charge is -2.47. The molecule has 0 N–H and O–H groups in total. The molecule has 0 aromatic rings. The van der Waals surface area contributed by atoms with Crippen LogP contribution in [0.4, 0.5) is 0 Å². The van der Waals surface area contributed by atoms with Crippen LogP contribution in [-0.2, 0) is 12.3 Å². The second-order valence-corrected chi connectivity index (χ2v) is 29.9. The monoisotopic (exact) mass is 514 g/mol. The minimum Gasteiger partial charge on any atom is -0.417 e. The molecule has 0 aromatic carbocycles. The van der Waals surface area contributed by atoms with E-state index in [1.807, 2.05) is 0 Å². The summed E-state index contributed by atoms with van der Waals surface area (Å²) >= 11 is 0. The van der Waals surface area contributed by atoms with E-state index in [0.29, 0.717) is 11.5 Å². The molecule has 7 heteroatoms. The van der Waals surface area contributed by atoms with Crippen LogP contribution >= 0.6 is 0 Å². The van der Waals surface area contributed by atoms with Gasteiger partial charge in [0, 0.05) is 5.54 Å². The number of allylic oxidation sites excluding steroid dienone is 4. The third-order valence-corrected chi connectivity index (χ3v) is 18.6. The van der Waals surface area contributed by atoms with Crippen molar-refractivity contribution in [2.45, 2.75) is 111 Å². The maximum Gasteiger partial charge on any atom is 0.473 e. The molecule has 4 bridgehead atoms. The summed E-state index contributed by atoms with van der Waals surface area (Å²) in [6.07, 6.45) is 16.5. The molecule has 188 valence electrons. The van der Waals surface area contributed by atoms with Crippen LogP contribution < -0.4 is 0 Å². The van der Waals surface area contributed by atoms with Crippen LogP contribution in [-0.4, -0.2) is 33.8 Å². The molecule has 0 amide bonds. The number of fused-ring (bicyclic) bond motifs is 4. The Morgan fingerprint density at radius 3 is 1.16 bits per heavy atom. The van der Waals surface area contributed by atoms with Crippen LogP contribution in [0.3, 0.4) is 0 Å². The lowest BCUT2D eigenvalue weighted by atomic mass is 10.1. The number of hydrogen-bond donors (Lipinski definition) is 0. The van der Waals surface area contributed by atoms with E-state index in [1.54, 1.807) is 0 Å². The van der Waals surface area contributed by atoms with Gasteiger partial charge in [0.15, 0.2) is 25.0 Å². The Morgan fingerprint density at radius 1 is 0.531 bits per heavy atom. The molecule has 0 heterocycles. The van der Waals surface area contributed by atoms with Gasteiger partial charge < -0.3 is 12.3 Å². The first-order valence-corrected chi connectivity index (χ1v) is 24.1. The van der Waals surface area contributed by atoms with Crippen LogP contribution in [0.1, 0.15) is 47.0 Å². The van der Waals surface area contributed by atoms with Crippen LogP contribution in [0.25, 0.3) is 0 Å². The van der Waals surface area contributed by atoms with Gasteiger partial charge in [0.1, 0.15) is 0 Å². The van der Waals surface area contributed by atoms with E-state index in [1.165, 1.54) is 32.1 Å². The minimum absolute atomic E-state index is 0. The van der Waals surface area contributed by atoms with E-state index < -0.39 is 33.8 Å². The van der Waals surface area contributed by atoms with Crippen molar-refractivity contribution in [3.8, 4) is 0 Å². The molecular formula is C25H54O3Si4. The second-order valence-electron chi connectivity index (χ2n) is 12.9. The third kappa shape index (κ3) is 8.47. The van der Waals surface area contributed by atoms with Gasteiger partial charge in [-0.15, -0.1) is 0 Å². The topological polar surface area (TPSA) is 27.7 Å². The molecule has 0 radical (unpaired) electrons. The summed E-state index contributed by atoms with van der Waals surface area (Å²) in [5.41, 5.74) is 0.475. The zero-order valence-electron chi connectivity index (χ0n) is 21.0. The van der Waals surface area contributed by atoms with E-state index in [9.17, 15) is 0 Å². The highest BCUT2D eigenvalue weighted by Gasteiger charge is 2.60. The third-order valence-electron chi connectivity index (χ3n) is 6.25. The fraction of sp³-hybridized carbons (Fsp3) is 0.840. The fourth-order valence-electron chi connectivity index (χ4n) is 5.47. The molecule has 2 fully saturated rings. The molecular weight excluding hydrogens is 461 g/mol. The van der Waals surface area contributed by atoms with Gasteiger partial charge in [-0.3, -0.25) is 0 Å². The normalized spacial score (nSPS) is 30.6. The number of hydrogen-bond acceptors (Lipinski definition) is 3. The van der Waals surface area contributed by atoms with E-state index in [-0.39, 0.29) is 14.9 Å². The molecule has 4 aliphatic carbocycles. The SMILES string of the molecule is C.C.C1=CC2CCC1C2.C[Si](C)(C)O[Si](O[Si](C)(C)C)(O[Si](C)(C)C)C1CC2C=CC1C2. The maximum absolute atomic E-state index is 6.88. The van der Waals surface area contributed by atoms with Gasteiger partial charge >= 0.3 is 8.80 Å². The minimum atomic E-state index is -2.69. The van der Waals surface area contributed by atoms with Crippen molar-refractivity contribution in [3.05, 3.63) is 24.3 Å². The van der Waals surface area contributed by atoms with Gasteiger partial charge in [-0.05, 0) is 115 Å². The Labute approximate surface area is 205 Å². The predicted molar refractivity (Wildman–Crippen MR) is 152 cm³/mol. The summed E-state index contributed by atoms with van der Waals surface area (Å²) in [6.45, 7) is 20.5. The standard InChI is InChI=1S/C16H36O3Si4.C7H10.2CH4/c1-20(2,3)17-23(18-21(4,5)6,19-22(7,8)9)16-13-14-10-11-15(16)12-14;1-2-7-4-3-6(1)5-7;;/h10-11,14-16H,12-13H2,1-9H3;1-2,6-7H,3-5H2;2*1H4. The first-order chi connectivity index (χ1) is 13.6. The highest BCUT2D eigenvalue weighted by Crippen LogP contribution is 2.54. The molecule has 3 nitrogen and oxygen atoms in total. The molecule has 0 spiro atoms. The molecule has 0 aliphatic heterocycles. The average molecular weight is 515 g/mol. The molecule has 4 aliphatic rings. The summed E-state index contributed by atoms with van der Waals surface area (Å²) in [7, 11) is -7.95. The van der Waals surface area contributed by atoms with Crippen molar-refractivity contribution >= 4 is 33.8 Å². The average Bonchev–Trinajstić information content (AvgIpc) is 3.32. The van der Waals surface area contributed by atoms with Gasteiger partial charge in [0.05, 0.1) is 0 Å². The smallest absolute Gasteiger partial charge is 0.417 e. The molecule has 5 atom stereocenters. The van der Waals surface area contributed by atoms with E-state index in [4.69, 9.17) is 12.3 Å². The summed E-state index contributed by atoms with van der Waals surface area (Å²) < 4.78 is 20.6. The van der Waals surface area contributed by atoms with Gasteiger partial charge in [-0.25, -0.2) is 0 Å². The molecule has 5 unspecified atom stereocenters. The Kier molecular flexibility index (Phi) is 10.3. The molecule has 32 heavy (non-hydrogen) atoms. The van der Waals surface area contributed by atoms with Gasteiger partial charge in [0.2, 0.25) is 0 Å². The molecule has 0 aromatic heterocycles. The molecule has 0 saturated heterocycles. The Morgan fingerprint density at radius 2 is 0.938 bits per heavy atom. The van der Waals surface area contributed by atoms with Crippen molar-refractivity contribution in [1.29, 1.82) is 0 Å². The predicted octanol–water partition coefficient (Wildman–Crippen LogP) is 8.69. The van der Waals surface area contributed by atoms with Crippen LogP contribution in [0.15, 0.2) is 24.3 Å². The zero-order chi connectivity index (χ0) is 22.4. The van der Waals surface area contributed by atoms with E-state index >= 15 is 0 Å². The van der Waals surface area contributed by atoms with Crippen molar-refractivity contribution in [1.82, 2.24) is 0 Å². The fourth-order valence-corrected chi connectivity index (χ4v) is 20.5. The van der Waals surface area contributed by atoms with Gasteiger partial charge in [-0.1, -0.05) is 39.2 Å². The largest absolute Gasteiger partial charge is 0.473 e. The maximum atomic E-state index is 6.88. The van der Waals surface area contributed by atoms with Crippen molar-refractivity contribution in [2.24, 2.45) is 23.7 Å². The Balaban J connectivity index is 0.000000478. The van der Waals surface area contributed by atoms with E-state index in [0.717, 1.165) is 17.8 Å². The lowest BCUT2D eigenvalue weighted by molar-refractivity contribution is 0.226.